The smallest absolute Gasteiger partial charge is 0.338 e. The van der Waals surface area contributed by atoms with Gasteiger partial charge in [0.2, 0.25) is 0 Å². The van der Waals surface area contributed by atoms with Gasteiger partial charge in [-0.15, -0.1) is 0 Å². The Kier molecular flexibility index (Phi) is 6.22. The second-order valence-corrected chi connectivity index (χ2v) is 3.81. The topological polar surface area (TPSA) is 67.2 Å². The van der Waals surface area contributed by atoms with Crippen molar-refractivity contribution in [1.82, 2.24) is 0 Å². The maximum Gasteiger partial charge on any atom is 0.338 e. The monoisotopic (exact) mass is 267 g/mol. The molecule has 0 saturated carbocycles. The van der Waals surface area contributed by atoms with Crippen molar-refractivity contribution in [1.29, 1.82) is 5.26 Å². The molecule has 1 aromatic carbocycles. The molecule has 0 saturated heterocycles. The number of nitriles is 1. The van der Waals surface area contributed by atoms with E-state index in [1.165, 1.54) is 0 Å². The number of rotatable bonds is 3. The zero-order chi connectivity index (χ0) is 14.8. The molecule has 4 nitrogen and oxygen atoms in total. The van der Waals surface area contributed by atoms with Gasteiger partial charge in [0.25, 0.3) is 0 Å². The van der Waals surface area contributed by atoms with Crippen LogP contribution in [0.25, 0.3) is 6.08 Å². The second-order valence-electron chi connectivity index (χ2n) is 3.81. The lowest BCUT2D eigenvalue weighted by molar-refractivity contribution is -0.150. The third-order valence-corrected chi connectivity index (χ3v) is 2.19. The number of carbonyl (C=O) groups is 2. The normalized spacial score (nSPS) is 12.6. The molecular formula is C16H13NO3. The largest absolute Gasteiger partial charge is 0.387 e. The van der Waals surface area contributed by atoms with E-state index < -0.39 is 11.9 Å². The molecule has 4 heteroatoms. The summed E-state index contributed by atoms with van der Waals surface area (Å²) in [4.78, 5) is 19.8. The summed E-state index contributed by atoms with van der Waals surface area (Å²) in [6.07, 6.45) is 6.74. The molecule has 100 valence electrons. The van der Waals surface area contributed by atoms with Crippen LogP contribution in [0.3, 0.4) is 0 Å². The quantitative estimate of drug-likeness (QED) is 0.480. The molecule has 20 heavy (non-hydrogen) atoms. The number of ether oxygens (including phenoxy) is 1. The highest BCUT2D eigenvalue weighted by Gasteiger charge is 2.10. The van der Waals surface area contributed by atoms with Crippen LogP contribution in [0, 0.1) is 11.3 Å². The Morgan fingerprint density at radius 1 is 1.20 bits per heavy atom. The first-order chi connectivity index (χ1) is 9.61. The summed E-state index contributed by atoms with van der Waals surface area (Å²) in [6, 6.07) is 12.0. The van der Waals surface area contributed by atoms with Crippen molar-refractivity contribution in [3.63, 3.8) is 0 Å². The van der Waals surface area contributed by atoms with Crippen LogP contribution in [-0.2, 0) is 14.3 Å². The minimum atomic E-state index is -0.579. The van der Waals surface area contributed by atoms with E-state index in [0.29, 0.717) is 12.0 Å². The second kappa shape index (κ2) is 8.22. The molecule has 0 amide bonds. The van der Waals surface area contributed by atoms with Crippen molar-refractivity contribution in [2.24, 2.45) is 0 Å². The number of nitrogens with zero attached hydrogens (tertiary/aromatic N) is 1. The van der Waals surface area contributed by atoms with Gasteiger partial charge in [0.15, 0.2) is 0 Å². The Morgan fingerprint density at radius 3 is 2.25 bits per heavy atom. The van der Waals surface area contributed by atoms with Crippen LogP contribution in [-0.4, -0.2) is 11.9 Å². The first-order valence-electron chi connectivity index (χ1n) is 5.85. The molecule has 0 bridgehead atoms. The van der Waals surface area contributed by atoms with Gasteiger partial charge in [0.1, 0.15) is 0 Å². The summed E-state index contributed by atoms with van der Waals surface area (Å²) in [6.45, 7) is 3.59. The fraction of sp³-hybridized carbons (Fsp3) is 0.0625. The Labute approximate surface area is 117 Å². The summed E-state index contributed by atoms with van der Waals surface area (Å²) in [5, 5.41) is 8.45. The first-order valence-corrected chi connectivity index (χ1v) is 5.85. The van der Waals surface area contributed by atoms with E-state index in [2.05, 4.69) is 11.3 Å². The van der Waals surface area contributed by atoms with Crippen LogP contribution in [0.1, 0.15) is 12.0 Å². The molecule has 2 rings (SSSR count). The molecule has 0 aromatic heterocycles. The van der Waals surface area contributed by atoms with Gasteiger partial charge in [0, 0.05) is 24.1 Å². The Bertz CT molecular complexity index is 576. The van der Waals surface area contributed by atoms with Gasteiger partial charge in [-0.25, -0.2) is 9.59 Å². The van der Waals surface area contributed by atoms with Crippen LogP contribution in [0.2, 0.25) is 0 Å². The third kappa shape index (κ3) is 6.12. The lowest BCUT2D eigenvalue weighted by atomic mass is 10.1. The lowest BCUT2D eigenvalue weighted by Gasteiger charge is -1.90. The molecule has 1 heterocycles. The van der Waals surface area contributed by atoms with Gasteiger partial charge in [-0.2, -0.15) is 5.26 Å². The van der Waals surface area contributed by atoms with Crippen LogP contribution in [0.15, 0.2) is 60.7 Å². The highest BCUT2D eigenvalue weighted by Crippen LogP contribution is 2.04. The highest BCUT2D eigenvalue weighted by molar-refractivity contribution is 6.04. The van der Waals surface area contributed by atoms with Crippen molar-refractivity contribution in [2.45, 2.75) is 6.42 Å². The fourth-order valence-electron chi connectivity index (χ4n) is 1.25. The predicted molar refractivity (Wildman–Crippen MR) is 75.1 cm³/mol. The highest BCUT2D eigenvalue weighted by atomic mass is 16.6. The van der Waals surface area contributed by atoms with Crippen LogP contribution < -0.4 is 0 Å². The molecule has 1 aliphatic rings. The van der Waals surface area contributed by atoms with Crippen LogP contribution in [0.4, 0.5) is 0 Å². The Balaban J connectivity index is 0.000000240. The summed E-state index contributed by atoms with van der Waals surface area (Å²) in [5.41, 5.74) is 1.74. The average molecular weight is 267 g/mol. The van der Waals surface area contributed by atoms with Crippen molar-refractivity contribution >= 4 is 18.0 Å². The summed E-state index contributed by atoms with van der Waals surface area (Å²) < 4.78 is 3.97. The summed E-state index contributed by atoms with van der Waals surface area (Å²) in [7, 11) is 0. The van der Waals surface area contributed by atoms with E-state index >= 15 is 0 Å². The maximum atomic E-state index is 9.92. The van der Waals surface area contributed by atoms with Crippen molar-refractivity contribution in [3.8, 4) is 6.07 Å². The van der Waals surface area contributed by atoms with E-state index in [0.717, 1.165) is 17.7 Å². The van der Waals surface area contributed by atoms with Crippen molar-refractivity contribution in [2.75, 3.05) is 0 Å². The Hall–Kier alpha value is -2.93. The standard InChI is InChI=1S/C12H11N.C4H2O3/c1-11(10-13)6-5-9-12-7-3-2-4-8-12;5-3-1-2-4(6)7-3/h2-5,7-9H,1,6H2;1-2H. The summed E-state index contributed by atoms with van der Waals surface area (Å²) >= 11 is 0. The van der Waals surface area contributed by atoms with Crippen molar-refractivity contribution in [3.05, 3.63) is 66.3 Å². The van der Waals surface area contributed by atoms with E-state index in [1.807, 2.05) is 48.6 Å². The number of carbonyl (C=O) groups excluding carboxylic acids is 2. The van der Waals surface area contributed by atoms with Gasteiger partial charge in [-0.1, -0.05) is 49.1 Å². The number of allylic oxidation sites excluding steroid dienone is 2. The van der Waals surface area contributed by atoms with E-state index in [-0.39, 0.29) is 0 Å². The zero-order valence-corrected chi connectivity index (χ0v) is 10.8. The molecule has 0 atom stereocenters. The molecule has 0 aliphatic carbocycles. The molecule has 1 aromatic rings. The van der Waals surface area contributed by atoms with Crippen LogP contribution >= 0.6 is 0 Å². The molecular weight excluding hydrogens is 254 g/mol. The van der Waals surface area contributed by atoms with Crippen molar-refractivity contribution < 1.29 is 14.3 Å². The zero-order valence-electron chi connectivity index (χ0n) is 10.8. The molecule has 0 unspecified atom stereocenters. The SMILES string of the molecule is C=C(C#N)CC=Cc1ccccc1.O=C1C=CC(=O)O1. The number of cyclic esters (lactones) is 2. The van der Waals surface area contributed by atoms with E-state index in [9.17, 15) is 9.59 Å². The minimum Gasteiger partial charge on any atom is -0.387 e. The molecule has 0 radical (unpaired) electrons. The van der Waals surface area contributed by atoms with Gasteiger partial charge < -0.3 is 4.74 Å². The van der Waals surface area contributed by atoms with E-state index in [4.69, 9.17) is 5.26 Å². The lowest BCUT2D eigenvalue weighted by Crippen LogP contribution is -1.96. The summed E-state index contributed by atoms with van der Waals surface area (Å²) in [5.74, 6) is -1.16. The van der Waals surface area contributed by atoms with Gasteiger partial charge >= 0.3 is 11.9 Å². The molecule has 0 N–H and O–H groups in total. The number of esters is 2. The average Bonchev–Trinajstić information content (AvgIpc) is 2.84. The van der Waals surface area contributed by atoms with Gasteiger partial charge in [-0.05, 0) is 5.56 Å². The molecule has 0 fully saturated rings. The van der Waals surface area contributed by atoms with Gasteiger partial charge in [-0.3, -0.25) is 0 Å². The number of benzene rings is 1. The first kappa shape index (κ1) is 15.1. The predicted octanol–water partition coefficient (Wildman–Crippen LogP) is 2.80. The minimum absolute atomic E-state index is 0.579. The van der Waals surface area contributed by atoms with E-state index in [1.54, 1.807) is 0 Å². The maximum absolute atomic E-state index is 9.92. The fourth-order valence-corrected chi connectivity index (χ4v) is 1.25. The Morgan fingerprint density at radius 2 is 1.80 bits per heavy atom. The molecule has 1 aliphatic heterocycles. The number of hydrogen-bond donors (Lipinski definition) is 0. The molecule has 0 spiro atoms. The third-order valence-electron chi connectivity index (χ3n) is 2.19. The van der Waals surface area contributed by atoms with Gasteiger partial charge in [0.05, 0.1) is 6.07 Å². The van der Waals surface area contributed by atoms with Crippen LogP contribution in [0.5, 0.6) is 0 Å². The number of hydrogen-bond acceptors (Lipinski definition) is 4.